The molecule has 0 saturated heterocycles. The number of hydrogen-bond acceptors (Lipinski definition) is 7. The highest BCUT2D eigenvalue weighted by Gasteiger charge is 2.72. The molecule has 0 radical (unpaired) electrons. The van der Waals surface area contributed by atoms with Gasteiger partial charge in [-0.1, -0.05) is 39.8 Å². The summed E-state index contributed by atoms with van der Waals surface area (Å²) in [7, 11) is 0. The molecule has 5 rings (SSSR count). The molecule has 0 aliphatic heterocycles. The average Bonchev–Trinajstić information content (AvgIpc) is 3.44. The molecule has 0 bridgehead atoms. The van der Waals surface area contributed by atoms with Gasteiger partial charge in [-0.15, -0.1) is 0 Å². The highest BCUT2D eigenvalue weighted by Crippen LogP contribution is 2.77. The molecule has 5 saturated carbocycles. The maximum atomic E-state index is 14.3. The molecule has 50 heavy (non-hydrogen) atoms. The van der Waals surface area contributed by atoms with E-state index in [0.29, 0.717) is 18.4 Å². The van der Waals surface area contributed by atoms with Gasteiger partial charge in [0.15, 0.2) is 0 Å². The largest absolute Gasteiger partial charge is 0.481 e. The van der Waals surface area contributed by atoms with Crippen molar-refractivity contribution in [2.45, 2.75) is 132 Å². The SMILES string of the molecule is C=C(C)[C@@H]1CC[C@]2(C(=O)NCCNC(=O)CCC(=O)O)CC[C@]3(C)[C@H](CC[C@@H]4[C@@]5(C)CC[C@H](OC(C)=O)[C@@](C)(COC(C)=O)[C@@H]5CC[C@]43C)[C@@H]12. The summed E-state index contributed by atoms with van der Waals surface area (Å²) < 4.78 is 11.7. The first kappa shape index (κ1) is 38.3. The number of carboxylic acid groups (broad SMARTS) is 1. The van der Waals surface area contributed by atoms with Gasteiger partial charge >= 0.3 is 17.9 Å². The number of aliphatic carboxylic acids is 1. The van der Waals surface area contributed by atoms with Crippen LogP contribution in [0.3, 0.4) is 0 Å². The fourth-order valence-electron chi connectivity index (χ4n) is 13.0. The van der Waals surface area contributed by atoms with Gasteiger partial charge in [-0.05, 0) is 117 Å². The molecule has 10 nitrogen and oxygen atoms in total. The van der Waals surface area contributed by atoms with Crippen molar-refractivity contribution < 1.29 is 38.6 Å². The van der Waals surface area contributed by atoms with Gasteiger partial charge in [-0.25, -0.2) is 0 Å². The second-order valence-corrected chi connectivity index (χ2v) is 17.8. The molecule has 280 valence electrons. The quantitative estimate of drug-likeness (QED) is 0.131. The summed E-state index contributed by atoms with van der Waals surface area (Å²) in [5.41, 5.74) is 0.256. The first-order valence-corrected chi connectivity index (χ1v) is 19.1. The van der Waals surface area contributed by atoms with Gasteiger partial charge in [-0.3, -0.25) is 24.0 Å². The predicted molar refractivity (Wildman–Crippen MR) is 188 cm³/mol. The van der Waals surface area contributed by atoms with E-state index in [-0.39, 0.29) is 89.8 Å². The Bertz CT molecular complexity index is 1400. The molecule has 5 aliphatic carbocycles. The van der Waals surface area contributed by atoms with Crippen LogP contribution in [0, 0.1) is 56.7 Å². The van der Waals surface area contributed by atoms with Crippen LogP contribution in [0.1, 0.15) is 126 Å². The van der Waals surface area contributed by atoms with Crippen molar-refractivity contribution >= 4 is 29.7 Å². The third kappa shape index (κ3) is 6.29. The van der Waals surface area contributed by atoms with Crippen molar-refractivity contribution in [1.29, 1.82) is 0 Å². The normalized spacial score (nSPS) is 41.7. The molecule has 11 atom stereocenters. The van der Waals surface area contributed by atoms with Crippen molar-refractivity contribution in [1.82, 2.24) is 10.6 Å². The Kier molecular flexibility index (Phi) is 10.7. The molecule has 5 fully saturated rings. The fourth-order valence-corrected chi connectivity index (χ4v) is 13.0. The van der Waals surface area contributed by atoms with Crippen LogP contribution in [-0.2, 0) is 33.4 Å². The molecular formula is C40H62N2O8. The van der Waals surface area contributed by atoms with Crippen molar-refractivity contribution in [2.75, 3.05) is 19.7 Å². The van der Waals surface area contributed by atoms with Gasteiger partial charge in [0.2, 0.25) is 11.8 Å². The van der Waals surface area contributed by atoms with Crippen LogP contribution in [0.15, 0.2) is 12.2 Å². The Hall–Kier alpha value is -2.91. The minimum atomic E-state index is -1.01. The third-order valence-corrected chi connectivity index (χ3v) is 15.5. The number of allylic oxidation sites excluding steroid dienone is 1. The molecule has 0 unspecified atom stereocenters. The molecule has 0 heterocycles. The molecule has 0 aromatic heterocycles. The van der Waals surface area contributed by atoms with E-state index < -0.39 is 16.8 Å². The summed E-state index contributed by atoms with van der Waals surface area (Å²) in [6.07, 6.45) is 8.86. The lowest BCUT2D eigenvalue weighted by atomic mass is 9.32. The Balaban J connectivity index is 1.40. The van der Waals surface area contributed by atoms with Crippen LogP contribution in [0.2, 0.25) is 0 Å². The maximum absolute atomic E-state index is 14.3. The minimum Gasteiger partial charge on any atom is -0.481 e. The molecule has 0 aromatic rings. The zero-order chi connectivity index (χ0) is 36.9. The molecule has 0 spiro atoms. The summed E-state index contributed by atoms with van der Waals surface area (Å²) in [6, 6.07) is 0. The summed E-state index contributed by atoms with van der Waals surface area (Å²) in [5.74, 6) is -0.332. The van der Waals surface area contributed by atoms with Gasteiger partial charge < -0.3 is 25.2 Å². The van der Waals surface area contributed by atoms with Crippen molar-refractivity contribution in [3.63, 3.8) is 0 Å². The zero-order valence-corrected chi connectivity index (χ0v) is 31.6. The standard InChI is InChI=1S/C40H62N2O8/c1-24(2)27-13-18-40(35(48)42-22-21-41-32(45)11-12-33(46)47)20-19-38(7)28(34(27)40)9-10-30-36(5)16-15-31(50-26(4)44)37(6,23-49-25(3)43)29(36)14-17-39(30,38)8/h27-31,34H,1,9-23H2,2-8H3,(H,41,45)(H,42,48)(H,46,47)/t27-,28+,29+,30+,31-,34+,36-,37-,38+,39+,40-/m0/s1. The van der Waals surface area contributed by atoms with E-state index in [2.05, 4.69) is 51.8 Å². The number of ether oxygens (including phenoxy) is 2. The Morgan fingerprint density at radius 1 is 0.760 bits per heavy atom. The van der Waals surface area contributed by atoms with Crippen LogP contribution in [0.4, 0.5) is 0 Å². The summed E-state index contributed by atoms with van der Waals surface area (Å²) in [6.45, 7) is 20.0. The molecule has 5 aliphatic rings. The molecule has 2 amide bonds. The van der Waals surface area contributed by atoms with Crippen molar-refractivity contribution in [3.05, 3.63) is 12.2 Å². The molecule has 10 heteroatoms. The summed E-state index contributed by atoms with van der Waals surface area (Å²) >= 11 is 0. The number of nitrogens with one attached hydrogen (secondary N) is 2. The number of carbonyl (C=O) groups excluding carboxylic acids is 4. The van der Waals surface area contributed by atoms with Crippen LogP contribution in [0.5, 0.6) is 0 Å². The smallest absolute Gasteiger partial charge is 0.303 e. The maximum Gasteiger partial charge on any atom is 0.303 e. The van der Waals surface area contributed by atoms with Crippen molar-refractivity contribution in [3.8, 4) is 0 Å². The average molecular weight is 699 g/mol. The van der Waals surface area contributed by atoms with E-state index in [1.165, 1.54) is 13.8 Å². The van der Waals surface area contributed by atoms with E-state index in [0.717, 1.165) is 69.8 Å². The minimum absolute atomic E-state index is 0.0171. The number of carbonyl (C=O) groups is 5. The van der Waals surface area contributed by atoms with Gasteiger partial charge in [0.05, 0.1) is 11.8 Å². The number of hydrogen-bond donors (Lipinski definition) is 3. The second-order valence-electron chi connectivity index (χ2n) is 17.8. The van der Waals surface area contributed by atoms with Crippen LogP contribution in [0.25, 0.3) is 0 Å². The molecule has 0 aromatic carbocycles. The number of rotatable bonds is 11. The topological polar surface area (TPSA) is 148 Å². The fraction of sp³-hybridized carbons (Fsp3) is 0.825. The van der Waals surface area contributed by atoms with E-state index >= 15 is 0 Å². The zero-order valence-electron chi connectivity index (χ0n) is 31.6. The van der Waals surface area contributed by atoms with E-state index in [1.54, 1.807) is 0 Å². The number of carboxylic acids is 1. The van der Waals surface area contributed by atoms with Crippen molar-refractivity contribution in [2.24, 2.45) is 56.7 Å². The van der Waals surface area contributed by atoms with Gasteiger partial charge in [0.1, 0.15) is 12.7 Å². The van der Waals surface area contributed by atoms with E-state index in [1.807, 2.05) is 0 Å². The Morgan fingerprint density at radius 3 is 2.10 bits per heavy atom. The molecule has 3 N–H and O–H groups in total. The number of amides is 2. The number of esters is 2. The van der Waals surface area contributed by atoms with Crippen LogP contribution in [-0.4, -0.2) is 60.6 Å². The summed E-state index contributed by atoms with van der Waals surface area (Å²) in [4.78, 5) is 61.5. The lowest BCUT2D eigenvalue weighted by molar-refractivity contribution is -0.256. The first-order chi connectivity index (χ1) is 23.4. The van der Waals surface area contributed by atoms with Crippen LogP contribution < -0.4 is 10.6 Å². The van der Waals surface area contributed by atoms with Gasteiger partial charge in [0.25, 0.3) is 0 Å². The van der Waals surface area contributed by atoms with E-state index in [4.69, 9.17) is 14.6 Å². The van der Waals surface area contributed by atoms with E-state index in [9.17, 15) is 24.0 Å². The Labute approximate surface area is 298 Å². The highest BCUT2D eigenvalue weighted by atomic mass is 16.6. The van der Waals surface area contributed by atoms with Gasteiger partial charge in [0, 0.05) is 38.8 Å². The lowest BCUT2D eigenvalue weighted by Crippen LogP contribution is -2.68. The van der Waals surface area contributed by atoms with Gasteiger partial charge in [-0.2, -0.15) is 0 Å². The highest BCUT2D eigenvalue weighted by molar-refractivity contribution is 5.84. The van der Waals surface area contributed by atoms with Crippen LogP contribution >= 0.6 is 0 Å². The Morgan fingerprint density at radius 2 is 1.46 bits per heavy atom. The summed E-state index contributed by atoms with van der Waals surface area (Å²) in [5, 5.41) is 14.8. The number of fused-ring (bicyclic) bond motifs is 7. The predicted octanol–water partition coefficient (Wildman–Crippen LogP) is 6.22. The monoisotopic (exact) mass is 698 g/mol. The second kappa shape index (κ2) is 13.9. The molecular weight excluding hydrogens is 636 g/mol. The first-order valence-electron chi connectivity index (χ1n) is 19.1. The third-order valence-electron chi connectivity index (χ3n) is 15.5. The lowest BCUT2D eigenvalue weighted by Gasteiger charge is -2.73.